The molecule has 1 aliphatic rings. The van der Waals surface area contributed by atoms with Crippen molar-refractivity contribution < 1.29 is 19.3 Å². The lowest BCUT2D eigenvalue weighted by Crippen LogP contribution is -2.29. The van der Waals surface area contributed by atoms with Gasteiger partial charge in [0.05, 0.1) is 12.8 Å². The smallest absolute Gasteiger partial charge is 0.212 e. The van der Waals surface area contributed by atoms with Crippen molar-refractivity contribution in [3.63, 3.8) is 0 Å². The van der Waals surface area contributed by atoms with Gasteiger partial charge in [0.1, 0.15) is 18.5 Å². The third-order valence-corrected chi connectivity index (χ3v) is 5.95. The maximum Gasteiger partial charge on any atom is 0.212 e. The van der Waals surface area contributed by atoms with E-state index in [1.165, 1.54) is 0 Å². The number of ether oxygens (including phenoxy) is 3. The Morgan fingerprint density at radius 2 is 2.09 bits per heavy atom. The van der Waals surface area contributed by atoms with Crippen LogP contribution in [0.25, 0.3) is 22.6 Å². The molecule has 0 bridgehead atoms. The number of methoxy groups -OCH3 is 1. The Balaban J connectivity index is 1.69. The third-order valence-electron chi connectivity index (χ3n) is 5.95. The number of rotatable bonds is 10. The van der Waals surface area contributed by atoms with Gasteiger partial charge in [-0.1, -0.05) is 12.1 Å². The summed E-state index contributed by atoms with van der Waals surface area (Å²) in [6.07, 6.45) is 3.07. The van der Waals surface area contributed by atoms with Crippen LogP contribution in [0.5, 0.6) is 11.6 Å². The standard InChI is InChI=1S/C26H32N4O4/c1-17-23(11-18-9-10-33-15-18)29-26(30-25(17)20-7-8-24(32-3)28-13-20)19-5-4-6-22(12-19)34-16-21(31)14-27-2/h4-8,12-13,18,21,27,31H,9-11,14-16H2,1-3H3/t18-,21?/m0/s1. The Hall–Kier alpha value is -3.07. The fraction of sp³-hybridized carbons (Fsp3) is 0.423. The van der Waals surface area contributed by atoms with Crippen LogP contribution < -0.4 is 14.8 Å². The van der Waals surface area contributed by atoms with E-state index in [2.05, 4.69) is 17.2 Å². The maximum absolute atomic E-state index is 9.96. The second-order valence-electron chi connectivity index (χ2n) is 8.54. The summed E-state index contributed by atoms with van der Waals surface area (Å²) in [4.78, 5) is 14.3. The molecule has 1 aliphatic heterocycles. The van der Waals surface area contributed by atoms with Crippen molar-refractivity contribution in [2.45, 2.75) is 25.9 Å². The minimum atomic E-state index is -0.585. The van der Waals surface area contributed by atoms with Crippen LogP contribution in [-0.2, 0) is 11.2 Å². The second kappa shape index (κ2) is 11.4. The molecular formula is C26H32N4O4. The van der Waals surface area contributed by atoms with Gasteiger partial charge in [0.2, 0.25) is 5.88 Å². The third kappa shape index (κ3) is 5.88. The van der Waals surface area contributed by atoms with E-state index < -0.39 is 6.10 Å². The van der Waals surface area contributed by atoms with Gasteiger partial charge in [-0.2, -0.15) is 0 Å². The number of hydrogen-bond donors (Lipinski definition) is 2. The van der Waals surface area contributed by atoms with E-state index in [4.69, 9.17) is 24.2 Å². The van der Waals surface area contributed by atoms with Gasteiger partial charge in [-0.25, -0.2) is 15.0 Å². The van der Waals surface area contributed by atoms with Crippen LogP contribution in [-0.4, -0.2) is 66.7 Å². The normalized spacial score (nSPS) is 16.4. The van der Waals surface area contributed by atoms with Gasteiger partial charge in [-0.05, 0) is 56.5 Å². The molecule has 0 aliphatic carbocycles. The molecule has 4 rings (SSSR count). The van der Waals surface area contributed by atoms with Gasteiger partial charge in [0.25, 0.3) is 0 Å². The number of benzene rings is 1. The minimum absolute atomic E-state index is 0.203. The summed E-state index contributed by atoms with van der Waals surface area (Å²) in [7, 11) is 3.40. The second-order valence-corrected chi connectivity index (χ2v) is 8.54. The van der Waals surface area contributed by atoms with E-state index in [1.807, 2.05) is 36.4 Å². The Bertz CT molecular complexity index is 1080. The van der Waals surface area contributed by atoms with E-state index in [1.54, 1.807) is 20.4 Å². The molecule has 1 saturated heterocycles. The van der Waals surface area contributed by atoms with Crippen LogP contribution >= 0.6 is 0 Å². The minimum Gasteiger partial charge on any atom is -0.491 e. The monoisotopic (exact) mass is 464 g/mol. The van der Waals surface area contributed by atoms with Crippen LogP contribution in [0.4, 0.5) is 0 Å². The van der Waals surface area contributed by atoms with Gasteiger partial charge in [0, 0.05) is 48.8 Å². The molecule has 3 aromatic rings. The first-order valence-corrected chi connectivity index (χ1v) is 11.6. The zero-order chi connectivity index (χ0) is 23.9. The summed E-state index contributed by atoms with van der Waals surface area (Å²) in [5.41, 5.74) is 4.68. The number of aromatic nitrogens is 3. The SMILES string of the molecule is CNCC(O)COc1cccc(-c2nc(C[C@@H]3CCOC3)c(C)c(-c3ccc(OC)nc3)n2)c1. The molecule has 2 atom stereocenters. The molecule has 0 amide bonds. The Morgan fingerprint density at radius 1 is 1.21 bits per heavy atom. The lowest BCUT2D eigenvalue weighted by atomic mass is 9.97. The molecule has 1 fully saturated rings. The van der Waals surface area contributed by atoms with Crippen LogP contribution in [0.2, 0.25) is 0 Å². The largest absolute Gasteiger partial charge is 0.491 e. The van der Waals surface area contributed by atoms with Gasteiger partial charge in [-0.15, -0.1) is 0 Å². The first-order valence-electron chi connectivity index (χ1n) is 11.6. The summed E-state index contributed by atoms with van der Waals surface area (Å²) in [5, 5.41) is 12.9. The summed E-state index contributed by atoms with van der Waals surface area (Å²) in [6.45, 7) is 4.30. The summed E-state index contributed by atoms with van der Waals surface area (Å²) in [5.74, 6) is 2.30. The van der Waals surface area contributed by atoms with E-state index in [0.29, 0.717) is 29.9 Å². The number of nitrogens with zero attached hydrogens (tertiary/aromatic N) is 3. The molecule has 0 saturated carbocycles. The number of aliphatic hydroxyl groups excluding tert-OH is 1. The summed E-state index contributed by atoms with van der Waals surface area (Å²) in [6, 6.07) is 11.5. The van der Waals surface area contributed by atoms with E-state index in [-0.39, 0.29) is 6.61 Å². The lowest BCUT2D eigenvalue weighted by molar-refractivity contribution is 0.108. The van der Waals surface area contributed by atoms with E-state index >= 15 is 0 Å². The Labute approximate surface area is 200 Å². The highest BCUT2D eigenvalue weighted by Crippen LogP contribution is 2.30. The molecule has 2 aromatic heterocycles. The molecular weight excluding hydrogens is 432 g/mol. The van der Waals surface area contributed by atoms with Gasteiger partial charge in [-0.3, -0.25) is 0 Å². The number of hydrogen-bond acceptors (Lipinski definition) is 8. The molecule has 8 heteroatoms. The highest BCUT2D eigenvalue weighted by molar-refractivity contribution is 5.67. The van der Waals surface area contributed by atoms with Gasteiger partial charge in [0.15, 0.2) is 5.82 Å². The van der Waals surface area contributed by atoms with Crippen molar-refractivity contribution in [2.24, 2.45) is 5.92 Å². The van der Waals surface area contributed by atoms with Gasteiger partial charge < -0.3 is 24.6 Å². The first-order chi connectivity index (χ1) is 16.6. The van der Waals surface area contributed by atoms with Crippen LogP contribution in [0.1, 0.15) is 17.7 Å². The number of pyridine rings is 1. The predicted molar refractivity (Wildman–Crippen MR) is 130 cm³/mol. The van der Waals surface area contributed by atoms with Crippen molar-refractivity contribution in [1.29, 1.82) is 0 Å². The van der Waals surface area contributed by atoms with Crippen LogP contribution in [0.15, 0.2) is 42.6 Å². The lowest BCUT2D eigenvalue weighted by Gasteiger charge is -2.16. The summed E-state index contributed by atoms with van der Waals surface area (Å²) >= 11 is 0. The molecule has 1 unspecified atom stereocenters. The number of likely N-dealkylation sites (N-methyl/N-ethyl adjacent to an activating group) is 1. The quantitative estimate of drug-likeness (QED) is 0.472. The molecule has 180 valence electrons. The van der Waals surface area contributed by atoms with E-state index in [9.17, 15) is 5.11 Å². The maximum atomic E-state index is 9.96. The molecule has 3 heterocycles. The van der Waals surface area contributed by atoms with Crippen molar-refractivity contribution in [1.82, 2.24) is 20.3 Å². The fourth-order valence-electron chi connectivity index (χ4n) is 4.04. The average Bonchev–Trinajstić information content (AvgIpc) is 3.38. The molecule has 1 aromatic carbocycles. The van der Waals surface area contributed by atoms with Gasteiger partial charge >= 0.3 is 0 Å². The van der Waals surface area contributed by atoms with Crippen LogP contribution in [0, 0.1) is 12.8 Å². The van der Waals surface area contributed by atoms with E-state index in [0.717, 1.165) is 54.1 Å². The highest BCUT2D eigenvalue weighted by atomic mass is 16.5. The van der Waals surface area contributed by atoms with Crippen molar-refractivity contribution in [3.8, 4) is 34.3 Å². The zero-order valence-electron chi connectivity index (χ0n) is 20.0. The Kier molecular flexibility index (Phi) is 8.05. The summed E-state index contributed by atoms with van der Waals surface area (Å²) < 4.78 is 16.6. The van der Waals surface area contributed by atoms with Crippen molar-refractivity contribution >= 4 is 0 Å². The molecule has 2 N–H and O–H groups in total. The van der Waals surface area contributed by atoms with Crippen molar-refractivity contribution in [3.05, 3.63) is 53.9 Å². The molecule has 8 nitrogen and oxygen atoms in total. The molecule has 0 radical (unpaired) electrons. The molecule has 34 heavy (non-hydrogen) atoms. The fourth-order valence-corrected chi connectivity index (χ4v) is 4.04. The number of aliphatic hydroxyl groups is 1. The zero-order valence-corrected chi connectivity index (χ0v) is 20.0. The topological polar surface area (TPSA) is 98.6 Å². The average molecular weight is 465 g/mol. The highest BCUT2D eigenvalue weighted by Gasteiger charge is 2.21. The van der Waals surface area contributed by atoms with Crippen LogP contribution in [0.3, 0.4) is 0 Å². The first kappa shape index (κ1) is 24.1. The number of nitrogens with one attached hydrogen (secondary N) is 1. The van der Waals surface area contributed by atoms with Crippen molar-refractivity contribution in [2.75, 3.05) is 40.5 Å². The molecule has 0 spiro atoms. The Morgan fingerprint density at radius 3 is 2.79 bits per heavy atom. The predicted octanol–water partition coefficient (Wildman–Crippen LogP) is 3.06.